The van der Waals surface area contributed by atoms with Crippen molar-refractivity contribution in [3.05, 3.63) is 113 Å². The number of hydrogen-bond donors (Lipinski definition) is 2. The minimum Gasteiger partial charge on any atom is -0.508 e. The van der Waals surface area contributed by atoms with Gasteiger partial charge in [0.25, 0.3) is 0 Å². The number of nitrogens with zero attached hydrogens (tertiary/aromatic N) is 2. The average Bonchev–Trinajstić information content (AvgIpc) is 3.41. The molecule has 3 heterocycles. The van der Waals surface area contributed by atoms with E-state index in [1.54, 1.807) is 0 Å². The average molecular weight is 506 g/mol. The topological polar surface area (TPSA) is 79.0 Å². The number of nitrogens with two attached hydrogens (primary N) is 1. The SMILES string of the molecule is NOc1ccc(CCN2C[C@H]3C4=CC5(Cc6ccc7ccccc7c6)C(/C=C\C(O)=C/4)C[C@@H](C2=O)N35)cc1. The zero-order valence-electron chi connectivity index (χ0n) is 21.2. The van der Waals surface area contributed by atoms with Crippen molar-refractivity contribution in [2.45, 2.75) is 36.9 Å². The molecule has 2 unspecified atom stereocenters. The van der Waals surface area contributed by atoms with Gasteiger partial charge in [0.05, 0.1) is 17.6 Å². The number of piperazine rings is 1. The molecule has 38 heavy (non-hydrogen) atoms. The maximum atomic E-state index is 13.9. The predicted molar refractivity (Wildman–Crippen MR) is 147 cm³/mol. The van der Waals surface area contributed by atoms with Gasteiger partial charge >= 0.3 is 0 Å². The molecule has 3 aliphatic heterocycles. The Balaban J connectivity index is 1.21. The van der Waals surface area contributed by atoms with Crippen LogP contribution in [0.3, 0.4) is 0 Å². The van der Waals surface area contributed by atoms with Crippen molar-refractivity contribution >= 4 is 16.7 Å². The third kappa shape index (κ3) is 3.67. The molecule has 0 spiro atoms. The number of benzene rings is 3. The Labute approximate surface area is 222 Å². The molecule has 1 amide bonds. The lowest BCUT2D eigenvalue weighted by molar-refractivity contribution is -0.143. The lowest BCUT2D eigenvalue weighted by Crippen LogP contribution is -2.63. The Morgan fingerprint density at radius 2 is 1.79 bits per heavy atom. The fourth-order valence-corrected chi connectivity index (χ4v) is 7.16. The monoisotopic (exact) mass is 505 g/mol. The smallest absolute Gasteiger partial charge is 0.240 e. The van der Waals surface area contributed by atoms with E-state index in [9.17, 15) is 9.90 Å². The quantitative estimate of drug-likeness (QED) is 0.484. The van der Waals surface area contributed by atoms with Gasteiger partial charge in [-0.2, -0.15) is 5.90 Å². The summed E-state index contributed by atoms with van der Waals surface area (Å²) in [6.07, 6.45) is 10.6. The van der Waals surface area contributed by atoms with E-state index in [1.165, 1.54) is 16.3 Å². The molecule has 4 atom stereocenters. The minimum atomic E-state index is -0.277. The van der Waals surface area contributed by atoms with Crippen molar-refractivity contribution in [3.63, 3.8) is 0 Å². The number of aliphatic hydroxyl groups excluding tert-OH is 1. The second-order valence-electron chi connectivity index (χ2n) is 11.0. The first-order chi connectivity index (χ1) is 18.5. The Morgan fingerprint density at radius 3 is 2.61 bits per heavy atom. The predicted octanol–water partition coefficient (Wildman–Crippen LogP) is 4.47. The van der Waals surface area contributed by atoms with Crippen molar-refractivity contribution in [1.82, 2.24) is 9.80 Å². The molecular formula is C32H31N3O3. The molecule has 6 nitrogen and oxygen atoms in total. The van der Waals surface area contributed by atoms with Crippen molar-refractivity contribution < 1.29 is 14.7 Å². The van der Waals surface area contributed by atoms with Gasteiger partial charge in [0.15, 0.2) is 0 Å². The fraction of sp³-hybridized carbons (Fsp3) is 0.281. The molecule has 3 N–H and O–H groups in total. The summed E-state index contributed by atoms with van der Waals surface area (Å²) in [5.41, 5.74) is 3.25. The van der Waals surface area contributed by atoms with Crippen LogP contribution in [0, 0.1) is 5.92 Å². The van der Waals surface area contributed by atoms with Crippen LogP contribution >= 0.6 is 0 Å². The van der Waals surface area contributed by atoms with Crippen molar-refractivity contribution in [1.29, 1.82) is 0 Å². The normalized spacial score (nSPS) is 30.0. The van der Waals surface area contributed by atoms with Crippen LogP contribution in [0.2, 0.25) is 0 Å². The largest absolute Gasteiger partial charge is 0.508 e. The molecule has 0 saturated carbocycles. The molecule has 0 aromatic heterocycles. The van der Waals surface area contributed by atoms with Gasteiger partial charge in [-0.05, 0) is 71.0 Å². The third-order valence-corrected chi connectivity index (χ3v) is 8.91. The van der Waals surface area contributed by atoms with E-state index in [0.717, 1.165) is 30.4 Å². The fourth-order valence-electron chi connectivity index (χ4n) is 7.16. The first-order valence-electron chi connectivity index (χ1n) is 13.4. The van der Waals surface area contributed by atoms with Crippen LogP contribution in [0.1, 0.15) is 17.5 Å². The molecule has 2 saturated heterocycles. The zero-order valence-corrected chi connectivity index (χ0v) is 21.2. The Kier molecular flexibility index (Phi) is 5.42. The lowest BCUT2D eigenvalue weighted by atomic mass is 9.78. The second-order valence-corrected chi connectivity index (χ2v) is 11.0. The van der Waals surface area contributed by atoms with Gasteiger partial charge in [0, 0.05) is 19.0 Å². The van der Waals surface area contributed by atoms with E-state index in [-0.39, 0.29) is 35.2 Å². The highest BCUT2D eigenvalue weighted by atomic mass is 16.6. The summed E-state index contributed by atoms with van der Waals surface area (Å²) in [5.74, 6) is 6.51. The van der Waals surface area contributed by atoms with Gasteiger partial charge < -0.3 is 14.8 Å². The van der Waals surface area contributed by atoms with Gasteiger partial charge in [-0.25, -0.2) is 0 Å². The number of carbonyl (C=O) groups is 1. The zero-order chi connectivity index (χ0) is 25.9. The Bertz CT molecular complexity index is 1510. The standard InChI is InChI=1S/C32H31N3O3/c33-38-28-11-6-21(7-12-28)13-14-34-20-30-25-16-27(36)10-9-26-17-29(31(34)37)35(30)32(26,19-25)18-22-5-8-23-3-1-2-4-24(23)15-22/h1-12,15-16,19,26,29-30,36H,13-14,17-18,20,33H2/b10-9-,27-16+/t26?,29-,30-,32?/m0/s1. The number of hydrogen-bond acceptors (Lipinski definition) is 5. The second kappa shape index (κ2) is 8.86. The molecule has 1 aliphatic carbocycles. The van der Waals surface area contributed by atoms with Crippen LogP contribution in [0.4, 0.5) is 0 Å². The number of amides is 1. The molecule has 3 aromatic carbocycles. The van der Waals surface area contributed by atoms with Crippen LogP contribution in [0.25, 0.3) is 10.8 Å². The molecule has 6 heteroatoms. The summed E-state index contributed by atoms with van der Waals surface area (Å²) in [7, 11) is 0. The van der Waals surface area contributed by atoms with Gasteiger partial charge in [-0.1, -0.05) is 66.7 Å². The summed E-state index contributed by atoms with van der Waals surface area (Å²) in [4.78, 5) is 23.2. The molecular weight excluding hydrogens is 474 g/mol. The van der Waals surface area contributed by atoms with Crippen LogP contribution in [0.5, 0.6) is 5.75 Å². The number of fused-ring (bicyclic) bond motifs is 2. The van der Waals surface area contributed by atoms with E-state index < -0.39 is 0 Å². The van der Waals surface area contributed by atoms with Crippen molar-refractivity contribution in [2.75, 3.05) is 13.1 Å². The Morgan fingerprint density at radius 1 is 1.00 bits per heavy atom. The highest BCUT2D eigenvalue weighted by Gasteiger charge is 2.62. The molecule has 7 rings (SSSR count). The number of carbonyl (C=O) groups excluding carboxylic acids is 1. The molecule has 0 radical (unpaired) electrons. The highest BCUT2D eigenvalue weighted by molar-refractivity contribution is 5.85. The summed E-state index contributed by atoms with van der Waals surface area (Å²) in [6, 6.07) is 22.7. The van der Waals surface area contributed by atoms with Gasteiger partial charge in [-0.3, -0.25) is 9.69 Å². The van der Waals surface area contributed by atoms with Crippen LogP contribution < -0.4 is 10.7 Å². The van der Waals surface area contributed by atoms with E-state index >= 15 is 0 Å². The van der Waals surface area contributed by atoms with Gasteiger partial charge in [-0.15, -0.1) is 0 Å². The van der Waals surface area contributed by atoms with Crippen molar-refractivity contribution in [2.24, 2.45) is 11.8 Å². The first kappa shape index (κ1) is 23.3. The van der Waals surface area contributed by atoms with Crippen LogP contribution in [-0.2, 0) is 17.6 Å². The number of rotatable bonds is 6. The van der Waals surface area contributed by atoms with E-state index in [4.69, 9.17) is 10.7 Å². The minimum absolute atomic E-state index is 0.0678. The molecule has 2 bridgehead atoms. The number of aliphatic hydroxyl groups is 1. The molecule has 192 valence electrons. The Hall–Kier alpha value is -3.87. The third-order valence-electron chi connectivity index (χ3n) is 8.91. The first-order valence-corrected chi connectivity index (χ1v) is 13.4. The maximum Gasteiger partial charge on any atom is 0.240 e. The molecule has 4 aliphatic rings. The van der Waals surface area contributed by atoms with Crippen molar-refractivity contribution in [3.8, 4) is 5.75 Å². The molecule has 3 aromatic rings. The lowest BCUT2D eigenvalue weighted by Gasteiger charge is -2.46. The highest BCUT2D eigenvalue weighted by Crippen LogP contribution is 2.53. The van der Waals surface area contributed by atoms with Gasteiger partial charge in [0.2, 0.25) is 5.91 Å². The van der Waals surface area contributed by atoms with Crippen LogP contribution in [-0.4, -0.2) is 51.5 Å². The van der Waals surface area contributed by atoms with Crippen LogP contribution in [0.15, 0.2) is 102 Å². The summed E-state index contributed by atoms with van der Waals surface area (Å²) < 4.78 is 0. The summed E-state index contributed by atoms with van der Waals surface area (Å²) >= 11 is 0. The summed E-state index contributed by atoms with van der Waals surface area (Å²) in [5, 5.41) is 13.0. The maximum absolute atomic E-state index is 13.9. The number of allylic oxidation sites excluding steroid dienone is 1. The van der Waals surface area contributed by atoms with E-state index in [0.29, 0.717) is 18.8 Å². The molecule has 2 fully saturated rings. The van der Waals surface area contributed by atoms with E-state index in [2.05, 4.69) is 59.5 Å². The summed E-state index contributed by atoms with van der Waals surface area (Å²) in [6.45, 7) is 1.28. The van der Waals surface area contributed by atoms with E-state index in [1.807, 2.05) is 41.3 Å². The van der Waals surface area contributed by atoms with Gasteiger partial charge in [0.1, 0.15) is 11.5 Å².